The van der Waals surface area contributed by atoms with Gasteiger partial charge >= 0.3 is 5.97 Å². The van der Waals surface area contributed by atoms with Crippen LogP contribution in [0.25, 0.3) is 0 Å². The number of anilines is 1. The van der Waals surface area contributed by atoms with E-state index in [1.807, 2.05) is 0 Å². The first-order chi connectivity index (χ1) is 8.68. The molecule has 0 spiro atoms. The van der Waals surface area contributed by atoms with E-state index in [9.17, 15) is 4.79 Å². The van der Waals surface area contributed by atoms with Crippen LogP contribution in [0.3, 0.4) is 0 Å². The standard InChI is InChI=1S/C13H19N3O2/c1-9(13(17)18)4-3-7-14-12-10-5-2-6-11(10)15-8-16-12/h8-9H,2-7H2,1H3,(H,17,18)(H,14,15,16). The number of carboxylic acid groups (broad SMARTS) is 1. The molecule has 0 amide bonds. The molecule has 5 nitrogen and oxygen atoms in total. The van der Waals surface area contributed by atoms with E-state index < -0.39 is 5.97 Å². The van der Waals surface area contributed by atoms with Gasteiger partial charge in [0, 0.05) is 17.8 Å². The van der Waals surface area contributed by atoms with E-state index in [0.29, 0.717) is 6.42 Å². The maximum Gasteiger partial charge on any atom is 0.306 e. The number of aromatic nitrogens is 2. The molecule has 1 atom stereocenters. The first-order valence-electron chi connectivity index (χ1n) is 6.48. The summed E-state index contributed by atoms with van der Waals surface area (Å²) < 4.78 is 0. The molecule has 0 saturated heterocycles. The van der Waals surface area contributed by atoms with Gasteiger partial charge in [0.15, 0.2) is 0 Å². The normalized spacial score (nSPS) is 15.2. The third-order valence-corrected chi connectivity index (χ3v) is 3.40. The Morgan fingerprint density at radius 3 is 3.11 bits per heavy atom. The highest BCUT2D eigenvalue weighted by Gasteiger charge is 2.16. The Bertz CT molecular complexity index is 434. The highest BCUT2D eigenvalue weighted by atomic mass is 16.4. The van der Waals surface area contributed by atoms with Crippen LogP contribution in [0.1, 0.15) is 37.4 Å². The number of hydrogen-bond donors (Lipinski definition) is 2. The van der Waals surface area contributed by atoms with Gasteiger partial charge in [0.25, 0.3) is 0 Å². The number of aliphatic carboxylic acids is 1. The van der Waals surface area contributed by atoms with Crippen molar-refractivity contribution in [3.05, 3.63) is 17.6 Å². The van der Waals surface area contributed by atoms with Gasteiger partial charge in [-0.3, -0.25) is 4.79 Å². The molecule has 1 aliphatic carbocycles. The molecule has 0 fully saturated rings. The minimum Gasteiger partial charge on any atom is -0.481 e. The molecule has 0 bridgehead atoms. The summed E-state index contributed by atoms with van der Waals surface area (Å²) in [6.45, 7) is 2.51. The lowest BCUT2D eigenvalue weighted by atomic mass is 10.1. The number of rotatable bonds is 6. The zero-order chi connectivity index (χ0) is 13.0. The van der Waals surface area contributed by atoms with Gasteiger partial charge in [-0.15, -0.1) is 0 Å². The van der Waals surface area contributed by atoms with Gasteiger partial charge in [-0.2, -0.15) is 0 Å². The summed E-state index contributed by atoms with van der Waals surface area (Å²) in [6, 6.07) is 0. The second kappa shape index (κ2) is 5.80. The highest BCUT2D eigenvalue weighted by Crippen LogP contribution is 2.24. The molecular weight excluding hydrogens is 230 g/mol. The van der Waals surface area contributed by atoms with E-state index in [2.05, 4.69) is 15.3 Å². The predicted octanol–water partition coefficient (Wildman–Crippen LogP) is 1.88. The smallest absolute Gasteiger partial charge is 0.306 e. The lowest BCUT2D eigenvalue weighted by Crippen LogP contribution is -2.12. The van der Waals surface area contributed by atoms with E-state index in [-0.39, 0.29) is 5.92 Å². The van der Waals surface area contributed by atoms with E-state index in [0.717, 1.165) is 43.7 Å². The SMILES string of the molecule is CC(CCCNc1ncnc2c1CCC2)C(=O)O. The Balaban J connectivity index is 1.81. The highest BCUT2D eigenvalue weighted by molar-refractivity contribution is 5.69. The van der Waals surface area contributed by atoms with Gasteiger partial charge in [0.05, 0.1) is 5.92 Å². The van der Waals surface area contributed by atoms with Crippen LogP contribution < -0.4 is 5.32 Å². The first-order valence-corrected chi connectivity index (χ1v) is 6.48. The number of carbonyl (C=O) groups is 1. The molecule has 18 heavy (non-hydrogen) atoms. The zero-order valence-electron chi connectivity index (χ0n) is 10.6. The molecule has 1 aromatic rings. The minimum absolute atomic E-state index is 0.275. The van der Waals surface area contributed by atoms with E-state index in [4.69, 9.17) is 5.11 Å². The number of hydrogen-bond acceptors (Lipinski definition) is 4. The quantitative estimate of drug-likeness (QED) is 0.753. The largest absolute Gasteiger partial charge is 0.481 e. The second-order valence-corrected chi connectivity index (χ2v) is 4.81. The van der Waals surface area contributed by atoms with Crippen LogP contribution in [-0.4, -0.2) is 27.6 Å². The fraction of sp³-hybridized carbons (Fsp3) is 0.615. The van der Waals surface area contributed by atoms with Gasteiger partial charge in [0.2, 0.25) is 0 Å². The van der Waals surface area contributed by atoms with Crippen LogP contribution in [0.2, 0.25) is 0 Å². The van der Waals surface area contributed by atoms with Crippen molar-refractivity contribution in [2.45, 2.75) is 39.0 Å². The molecule has 1 unspecified atom stereocenters. The van der Waals surface area contributed by atoms with Crippen molar-refractivity contribution in [1.82, 2.24) is 9.97 Å². The van der Waals surface area contributed by atoms with Gasteiger partial charge in [-0.25, -0.2) is 9.97 Å². The number of nitrogens with one attached hydrogen (secondary N) is 1. The summed E-state index contributed by atoms with van der Waals surface area (Å²) in [5.41, 5.74) is 2.40. The summed E-state index contributed by atoms with van der Waals surface area (Å²) in [7, 11) is 0. The van der Waals surface area contributed by atoms with Crippen LogP contribution in [0, 0.1) is 5.92 Å². The van der Waals surface area contributed by atoms with Gasteiger partial charge < -0.3 is 10.4 Å². The molecular formula is C13H19N3O2. The molecule has 1 aromatic heterocycles. The lowest BCUT2D eigenvalue weighted by Gasteiger charge is -2.10. The summed E-state index contributed by atoms with van der Waals surface area (Å²) >= 11 is 0. The third-order valence-electron chi connectivity index (χ3n) is 3.40. The van der Waals surface area contributed by atoms with Crippen molar-refractivity contribution in [1.29, 1.82) is 0 Å². The number of nitrogens with zero attached hydrogens (tertiary/aromatic N) is 2. The lowest BCUT2D eigenvalue weighted by molar-refractivity contribution is -0.141. The number of aryl methyl sites for hydroxylation is 1. The van der Waals surface area contributed by atoms with Gasteiger partial charge in [0.1, 0.15) is 12.1 Å². The van der Waals surface area contributed by atoms with Gasteiger partial charge in [-0.05, 0) is 32.1 Å². The molecule has 1 heterocycles. The third kappa shape index (κ3) is 2.97. The molecule has 98 valence electrons. The van der Waals surface area contributed by atoms with Crippen molar-refractivity contribution >= 4 is 11.8 Å². The Hall–Kier alpha value is -1.65. The topological polar surface area (TPSA) is 75.1 Å². The molecule has 1 aliphatic rings. The minimum atomic E-state index is -0.724. The maximum absolute atomic E-state index is 10.7. The van der Waals surface area contributed by atoms with E-state index in [1.165, 1.54) is 5.56 Å². The van der Waals surface area contributed by atoms with Crippen molar-refractivity contribution in [3.8, 4) is 0 Å². The fourth-order valence-corrected chi connectivity index (χ4v) is 2.25. The van der Waals surface area contributed by atoms with Crippen molar-refractivity contribution < 1.29 is 9.90 Å². The average molecular weight is 249 g/mol. The average Bonchev–Trinajstić information content (AvgIpc) is 2.83. The molecule has 5 heteroatoms. The summed E-state index contributed by atoms with van der Waals surface area (Å²) in [4.78, 5) is 19.2. The Morgan fingerprint density at radius 1 is 1.50 bits per heavy atom. The van der Waals surface area contributed by atoms with Gasteiger partial charge in [-0.1, -0.05) is 6.92 Å². The first kappa shape index (κ1) is 12.8. The van der Waals surface area contributed by atoms with Crippen molar-refractivity contribution in [2.75, 3.05) is 11.9 Å². The molecule has 0 aliphatic heterocycles. The fourth-order valence-electron chi connectivity index (χ4n) is 2.25. The Morgan fingerprint density at radius 2 is 2.33 bits per heavy atom. The molecule has 0 aromatic carbocycles. The van der Waals surface area contributed by atoms with Crippen LogP contribution in [0.5, 0.6) is 0 Å². The molecule has 2 N–H and O–H groups in total. The van der Waals surface area contributed by atoms with Crippen LogP contribution >= 0.6 is 0 Å². The summed E-state index contributed by atoms with van der Waals surface area (Å²) in [5.74, 6) is -0.0682. The van der Waals surface area contributed by atoms with E-state index in [1.54, 1.807) is 13.3 Å². The number of fused-ring (bicyclic) bond motifs is 1. The monoisotopic (exact) mass is 249 g/mol. The zero-order valence-corrected chi connectivity index (χ0v) is 10.6. The maximum atomic E-state index is 10.7. The Kier molecular flexibility index (Phi) is 4.12. The van der Waals surface area contributed by atoms with Crippen LogP contribution in [0.4, 0.5) is 5.82 Å². The summed E-state index contributed by atoms with van der Waals surface area (Å²) in [5, 5.41) is 12.1. The molecule has 0 radical (unpaired) electrons. The van der Waals surface area contributed by atoms with Crippen LogP contribution in [-0.2, 0) is 17.6 Å². The number of carboxylic acids is 1. The Labute approximate surface area is 107 Å². The van der Waals surface area contributed by atoms with Crippen molar-refractivity contribution in [2.24, 2.45) is 5.92 Å². The van der Waals surface area contributed by atoms with Crippen molar-refractivity contribution in [3.63, 3.8) is 0 Å². The van der Waals surface area contributed by atoms with Crippen LogP contribution in [0.15, 0.2) is 6.33 Å². The second-order valence-electron chi connectivity index (χ2n) is 4.81. The summed E-state index contributed by atoms with van der Waals surface area (Å²) in [6.07, 6.45) is 6.37. The predicted molar refractivity (Wildman–Crippen MR) is 68.6 cm³/mol. The molecule has 0 saturated carbocycles. The molecule has 2 rings (SSSR count). The van der Waals surface area contributed by atoms with E-state index >= 15 is 0 Å².